The van der Waals surface area contributed by atoms with Crippen molar-refractivity contribution in [1.82, 2.24) is 15.1 Å². The third kappa shape index (κ3) is 2.42. The highest BCUT2D eigenvalue weighted by molar-refractivity contribution is 4.78. The minimum atomic E-state index is 0.558. The minimum Gasteiger partial charge on any atom is -0.304 e. The standard InChI is InChI=1S/C10H20N3/c1-12-6-8-13(9-7-12)10-4-2-3-5-11-10/h10H,2-9H2,1H3. The molecule has 1 radical (unpaired) electrons. The van der Waals surface area contributed by atoms with E-state index in [-0.39, 0.29) is 0 Å². The van der Waals surface area contributed by atoms with Crippen LogP contribution in [0.2, 0.25) is 0 Å². The first-order valence-corrected chi connectivity index (χ1v) is 5.45. The van der Waals surface area contributed by atoms with E-state index >= 15 is 0 Å². The lowest BCUT2D eigenvalue weighted by atomic mass is 10.1. The van der Waals surface area contributed by atoms with Crippen LogP contribution >= 0.6 is 0 Å². The van der Waals surface area contributed by atoms with E-state index in [0.29, 0.717) is 6.17 Å². The van der Waals surface area contributed by atoms with E-state index in [2.05, 4.69) is 22.2 Å². The Morgan fingerprint density at radius 1 is 1.08 bits per heavy atom. The first-order valence-electron chi connectivity index (χ1n) is 5.45. The van der Waals surface area contributed by atoms with Crippen LogP contribution < -0.4 is 5.32 Å². The third-order valence-corrected chi connectivity index (χ3v) is 3.17. The average Bonchev–Trinajstić information content (AvgIpc) is 2.20. The molecule has 3 heteroatoms. The Bertz CT molecular complexity index is 146. The molecular weight excluding hydrogens is 162 g/mol. The molecule has 2 heterocycles. The summed E-state index contributed by atoms with van der Waals surface area (Å²) in [4.78, 5) is 4.96. The lowest BCUT2D eigenvalue weighted by molar-refractivity contribution is 0.0771. The van der Waals surface area contributed by atoms with Gasteiger partial charge in [-0.25, -0.2) is 5.32 Å². The van der Waals surface area contributed by atoms with E-state index in [1.807, 2.05) is 0 Å². The highest BCUT2D eigenvalue weighted by Crippen LogP contribution is 2.14. The van der Waals surface area contributed by atoms with Gasteiger partial charge in [0.25, 0.3) is 0 Å². The predicted octanol–water partition coefficient (Wildman–Crippen LogP) is 0.348. The zero-order valence-electron chi connectivity index (χ0n) is 8.58. The lowest BCUT2D eigenvalue weighted by Gasteiger charge is -2.39. The summed E-state index contributed by atoms with van der Waals surface area (Å²) < 4.78 is 0. The Kier molecular flexibility index (Phi) is 3.19. The number of piperidine rings is 1. The predicted molar refractivity (Wildman–Crippen MR) is 53.7 cm³/mol. The quantitative estimate of drug-likeness (QED) is 0.583. The minimum absolute atomic E-state index is 0.558. The summed E-state index contributed by atoms with van der Waals surface area (Å²) >= 11 is 0. The maximum Gasteiger partial charge on any atom is 0.0761 e. The summed E-state index contributed by atoms with van der Waals surface area (Å²) in [5, 5.41) is 4.69. The van der Waals surface area contributed by atoms with Crippen molar-refractivity contribution in [3.05, 3.63) is 0 Å². The van der Waals surface area contributed by atoms with E-state index in [4.69, 9.17) is 0 Å². The van der Waals surface area contributed by atoms with Crippen LogP contribution in [0.1, 0.15) is 19.3 Å². The molecule has 2 rings (SSSR count). The van der Waals surface area contributed by atoms with Crippen LogP contribution in [0.25, 0.3) is 0 Å². The molecule has 2 aliphatic rings. The van der Waals surface area contributed by atoms with Crippen molar-refractivity contribution in [3.63, 3.8) is 0 Å². The van der Waals surface area contributed by atoms with Crippen molar-refractivity contribution in [1.29, 1.82) is 0 Å². The zero-order chi connectivity index (χ0) is 9.10. The van der Waals surface area contributed by atoms with E-state index in [1.165, 1.54) is 45.4 Å². The Morgan fingerprint density at radius 2 is 1.85 bits per heavy atom. The fourth-order valence-corrected chi connectivity index (χ4v) is 2.19. The molecule has 0 aromatic carbocycles. The van der Waals surface area contributed by atoms with Crippen LogP contribution in [-0.2, 0) is 0 Å². The molecule has 0 spiro atoms. The number of hydrogen-bond donors (Lipinski definition) is 0. The topological polar surface area (TPSA) is 20.6 Å². The van der Waals surface area contributed by atoms with Gasteiger partial charge in [0.05, 0.1) is 6.17 Å². The van der Waals surface area contributed by atoms with Crippen LogP contribution in [0.4, 0.5) is 0 Å². The van der Waals surface area contributed by atoms with E-state index in [0.717, 1.165) is 6.54 Å². The first-order chi connectivity index (χ1) is 6.36. The molecule has 1 atom stereocenters. The molecule has 0 aromatic rings. The fraction of sp³-hybridized carbons (Fsp3) is 1.00. The van der Waals surface area contributed by atoms with Crippen LogP contribution in [0.15, 0.2) is 0 Å². The highest BCUT2D eigenvalue weighted by atomic mass is 15.3. The molecule has 2 saturated heterocycles. The second-order valence-corrected chi connectivity index (χ2v) is 4.22. The molecule has 0 amide bonds. The van der Waals surface area contributed by atoms with Crippen LogP contribution in [0.5, 0.6) is 0 Å². The summed E-state index contributed by atoms with van der Waals surface area (Å²) in [7, 11) is 2.20. The summed E-state index contributed by atoms with van der Waals surface area (Å²) in [6.07, 6.45) is 4.54. The van der Waals surface area contributed by atoms with Crippen LogP contribution in [-0.4, -0.2) is 55.7 Å². The SMILES string of the molecule is CN1CCN(C2CCCC[N]2)CC1. The number of likely N-dealkylation sites (N-methyl/N-ethyl adjacent to an activating group) is 1. The number of hydrogen-bond acceptors (Lipinski definition) is 2. The summed E-state index contributed by atoms with van der Waals surface area (Å²) in [5.41, 5.74) is 0. The van der Waals surface area contributed by atoms with Crippen molar-refractivity contribution in [3.8, 4) is 0 Å². The van der Waals surface area contributed by atoms with E-state index in [9.17, 15) is 0 Å². The van der Waals surface area contributed by atoms with Crippen LogP contribution in [0, 0.1) is 0 Å². The normalized spacial score (nSPS) is 33.5. The van der Waals surface area contributed by atoms with Gasteiger partial charge in [-0.3, -0.25) is 4.90 Å². The van der Waals surface area contributed by atoms with E-state index in [1.54, 1.807) is 0 Å². The van der Waals surface area contributed by atoms with Gasteiger partial charge in [0.2, 0.25) is 0 Å². The third-order valence-electron chi connectivity index (χ3n) is 3.17. The maximum atomic E-state index is 4.69. The molecule has 1 unspecified atom stereocenters. The van der Waals surface area contributed by atoms with Gasteiger partial charge in [0, 0.05) is 32.7 Å². The molecule has 75 valence electrons. The molecule has 13 heavy (non-hydrogen) atoms. The Morgan fingerprint density at radius 3 is 2.46 bits per heavy atom. The maximum absolute atomic E-state index is 4.69. The van der Waals surface area contributed by atoms with Crippen molar-refractivity contribution in [2.75, 3.05) is 39.8 Å². The molecule has 0 N–H and O–H groups in total. The van der Waals surface area contributed by atoms with Gasteiger partial charge in [0.15, 0.2) is 0 Å². The molecule has 3 nitrogen and oxygen atoms in total. The van der Waals surface area contributed by atoms with Crippen molar-refractivity contribution < 1.29 is 0 Å². The fourth-order valence-electron chi connectivity index (χ4n) is 2.19. The molecule has 0 aliphatic carbocycles. The number of rotatable bonds is 1. The average molecular weight is 182 g/mol. The largest absolute Gasteiger partial charge is 0.304 e. The van der Waals surface area contributed by atoms with Gasteiger partial charge in [-0.2, -0.15) is 0 Å². The molecule has 2 aliphatic heterocycles. The Balaban J connectivity index is 1.79. The first kappa shape index (κ1) is 9.44. The van der Waals surface area contributed by atoms with Crippen molar-refractivity contribution in [2.45, 2.75) is 25.4 Å². The number of nitrogens with zero attached hydrogens (tertiary/aromatic N) is 3. The smallest absolute Gasteiger partial charge is 0.0761 e. The molecular formula is C10H20N3. The summed E-state index contributed by atoms with van der Waals surface area (Å²) in [6.45, 7) is 5.95. The Labute approximate surface area is 81.1 Å². The lowest BCUT2D eigenvalue weighted by Crippen LogP contribution is -2.53. The summed E-state index contributed by atoms with van der Waals surface area (Å²) in [6, 6.07) is 0. The van der Waals surface area contributed by atoms with Gasteiger partial charge >= 0.3 is 0 Å². The van der Waals surface area contributed by atoms with Gasteiger partial charge in [-0.15, -0.1) is 0 Å². The van der Waals surface area contributed by atoms with E-state index < -0.39 is 0 Å². The monoisotopic (exact) mass is 182 g/mol. The molecule has 0 saturated carbocycles. The van der Waals surface area contributed by atoms with Crippen molar-refractivity contribution >= 4 is 0 Å². The molecule has 0 bridgehead atoms. The number of piperazine rings is 1. The van der Waals surface area contributed by atoms with Gasteiger partial charge in [-0.1, -0.05) is 0 Å². The van der Waals surface area contributed by atoms with Crippen LogP contribution in [0.3, 0.4) is 0 Å². The van der Waals surface area contributed by atoms with Gasteiger partial charge < -0.3 is 4.90 Å². The second-order valence-electron chi connectivity index (χ2n) is 4.22. The second kappa shape index (κ2) is 4.40. The van der Waals surface area contributed by atoms with Gasteiger partial charge in [0.1, 0.15) is 0 Å². The van der Waals surface area contributed by atoms with Crippen molar-refractivity contribution in [2.24, 2.45) is 0 Å². The zero-order valence-corrected chi connectivity index (χ0v) is 8.58. The molecule has 2 fully saturated rings. The molecule has 0 aromatic heterocycles. The highest BCUT2D eigenvalue weighted by Gasteiger charge is 2.24. The summed E-state index contributed by atoms with van der Waals surface area (Å²) in [5.74, 6) is 0. The Hall–Kier alpha value is -0.120. The van der Waals surface area contributed by atoms with Gasteiger partial charge in [-0.05, 0) is 26.3 Å².